The molecule has 0 aliphatic heterocycles. The van der Waals surface area contributed by atoms with Gasteiger partial charge in [-0.25, -0.2) is 8.78 Å². The monoisotopic (exact) mass is 353 g/mol. The highest BCUT2D eigenvalue weighted by atomic mass is 79.9. The molecule has 0 radical (unpaired) electrons. The molecule has 0 saturated carbocycles. The van der Waals surface area contributed by atoms with E-state index in [-0.39, 0.29) is 17.7 Å². The Morgan fingerprint density at radius 2 is 1.95 bits per heavy atom. The third-order valence-corrected chi connectivity index (χ3v) is 4.41. The molecule has 4 heteroatoms. The Hall–Kier alpha value is -1.26. The summed E-state index contributed by atoms with van der Waals surface area (Å²) in [7, 11) is 0. The molecule has 1 nitrogen and oxygen atoms in total. The molecule has 0 spiro atoms. The first-order valence-corrected chi connectivity index (χ1v) is 7.74. The van der Waals surface area contributed by atoms with Gasteiger partial charge in [0.1, 0.15) is 11.6 Å². The van der Waals surface area contributed by atoms with Gasteiger partial charge >= 0.3 is 0 Å². The lowest BCUT2D eigenvalue weighted by molar-refractivity contribution is 0.536. The summed E-state index contributed by atoms with van der Waals surface area (Å²) in [5, 5.41) is 3.35. The molecule has 1 atom stereocenters. The minimum absolute atomic E-state index is 0.0520. The van der Waals surface area contributed by atoms with Crippen LogP contribution in [-0.4, -0.2) is 6.54 Å². The molecule has 112 valence electrons. The highest BCUT2D eigenvalue weighted by Gasteiger charge is 2.16. The average molecular weight is 354 g/mol. The fraction of sp³-hybridized carbons (Fsp3) is 0.294. The molecule has 0 heterocycles. The minimum Gasteiger partial charge on any atom is -0.310 e. The van der Waals surface area contributed by atoms with Crippen molar-refractivity contribution in [1.82, 2.24) is 5.32 Å². The van der Waals surface area contributed by atoms with Gasteiger partial charge < -0.3 is 5.32 Å². The maximum Gasteiger partial charge on any atom is 0.137 e. The van der Waals surface area contributed by atoms with E-state index >= 15 is 0 Å². The number of rotatable bonds is 5. The van der Waals surface area contributed by atoms with E-state index in [1.54, 1.807) is 18.2 Å². The first kappa shape index (κ1) is 16.1. The van der Waals surface area contributed by atoms with E-state index in [2.05, 4.69) is 21.2 Å². The second-order valence-corrected chi connectivity index (χ2v) is 5.82. The fourth-order valence-electron chi connectivity index (χ4n) is 2.45. The number of halogens is 3. The average Bonchev–Trinajstić information content (AvgIpc) is 2.46. The molecule has 0 bridgehead atoms. The van der Waals surface area contributed by atoms with Gasteiger partial charge in [-0.15, -0.1) is 0 Å². The van der Waals surface area contributed by atoms with Crippen molar-refractivity contribution in [1.29, 1.82) is 0 Å². The molecule has 2 rings (SSSR count). The summed E-state index contributed by atoms with van der Waals surface area (Å²) in [5.74, 6) is -0.532. The van der Waals surface area contributed by atoms with Crippen LogP contribution in [0.5, 0.6) is 0 Å². The molecule has 0 aliphatic rings. The van der Waals surface area contributed by atoms with E-state index in [0.717, 1.165) is 23.2 Å². The van der Waals surface area contributed by atoms with Gasteiger partial charge in [0.05, 0.1) is 4.47 Å². The lowest BCUT2D eigenvalue weighted by atomic mass is 9.95. The van der Waals surface area contributed by atoms with Crippen LogP contribution in [0.3, 0.4) is 0 Å². The Bertz CT molecular complexity index is 628. The van der Waals surface area contributed by atoms with Crippen molar-refractivity contribution in [3.63, 3.8) is 0 Å². The number of likely N-dealkylation sites (N-methyl/N-ethyl adjacent to an activating group) is 1. The smallest absolute Gasteiger partial charge is 0.137 e. The summed E-state index contributed by atoms with van der Waals surface area (Å²) >= 11 is 3.29. The predicted molar refractivity (Wildman–Crippen MR) is 85.4 cm³/mol. The summed E-state index contributed by atoms with van der Waals surface area (Å²) in [6, 6.07) is 9.72. The lowest BCUT2D eigenvalue weighted by Crippen LogP contribution is -2.24. The normalized spacial score (nSPS) is 12.4. The number of hydrogen-bond donors (Lipinski definition) is 1. The SMILES string of the molecule is CCNC(Cc1cccc(F)c1Br)c1cc(F)ccc1C. The van der Waals surface area contributed by atoms with Crippen LogP contribution in [0, 0.1) is 18.6 Å². The van der Waals surface area contributed by atoms with Gasteiger partial charge in [0.2, 0.25) is 0 Å². The van der Waals surface area contributed by atoms with Crippen LogP contribution in [0.4, 0.5) is 8.78 Å². The summed E-state index contributed by atoms with van der Waals surface area (Å²) in [4.78, 5) is 0. The second kappa shape index (κ2) is 7.14. The predicted octanol–water partition coefficient (Wildman–Crippen LogP) is 4.93. The van der Waals surface area contributed by atoms with E-state index in [1.807, 2.05) is 19.9 Å². The van der Waals surface area contributed by atoms with Crippen LogP contribution in [-0.2, 0) is 6.42 Å². The second-order valence-electron chi connectivity index (χ2n) is 5.03. The Labute approximate surface area is 132 Å². The Morgan fingerprint density at radius 3 is 2.67 bits per heavy atom. The molecular weight excluding hydrogens is 336 g/mol. The highest BCUT2D eigenvalue weighted by Crippen LogP contribution is 2.27. The highest BCUT2D eigenvalue weighted by molar-refractivity contribution is 9.10. The van der Waals surface area contributed by atoms with Crippen molar-refractivity contribution in [2.24, 2.45) is 0 Å². The van der Waals surface area contributed by atoms with Crippen LogP contribution >= 0.6 is 15.9 Å². The molecule has 0 amide bonds. The Morgan fingerprint density at radius 1 is 1.19 bits per heavy atom. The van der Waals surface area contributed by atoms with Gasteiger partial charge in [0.15, 0.2) is 0 Å². The van der Waals surface area contributed by atoms with Crippen LogP contribution < -0.4 is 5.32 Å². The van der Waals surface area contributed by atoms with Crippen molar-refractivity contribution in [3.05, 3.63) is 69.2 Å². The quantitative estimate of drug-likeness (QED) is 0.803. The molecule has 2 aromatic carbocycles. The van der Waals surface area contributed by atoms with E-state index in [0.29, 0.717) is 10.9 Å². The first-order valence-electron chi connectivity index (χ1n) is 6.95. The molecule has 0 aliphatic carbocycles. The maximum atomic E-state index is 13.6. The topological polar surface area (TPSA) is 12.0 Å². The fourth-order valence-corrected chi connectivity index (χ4v) is 2.88. The van der Waals surface area contributed by atoms with Crippen LogP contribution in [0.1, 0.15) is 29.7 Å². The maximum absolute atomic E-state index is 13.6. The number of benzene rings is 2. The van der Waals surface area contributed by atoms with Crippen LogP contribution in [0.2, 0.25) is 0 Å². The zero-order valence-electron chi connectivity index (χ0n) is 12.1. The number of hydrogen-bond acceptors (Lipinski definition) is 1. The third-order valence-electron chi connectivity index (χ3n) is 3.52. The van der Waals surface area contributed by atoms with Crippen molar-refractivity contribution in [3.8, 4) is 0 Å². The van der Waals surface area contributed by atoms with Gasteiger partial charge in [-0.2, -0.15) is 0 Å². The zero-order valence-corrected chi connectivity index (χ0v) is 13.7. The molecule has 0 fully saturated rings. The first-order chi connectivity index (χ1) is 10.0. The molecule has 1 N–H and O–H groups in total. The number of aryl methyl sites for hydroxylation is 1. The van der Waals surface area contributed by atoms with Gasteiger partial charge in [-0.05, 0) is 70.7 Å². The molecule has 0 aromatic heterocycles. The van der Waals surface area contributed by atoms with Crippen molar-refractivity contribution < 1.29 is 8.78 Å². The van der Waals surface area contributed by atoms with E-state index in [4.69, 9.17) is 0 Å². The minimum atomic E-state index is -0.279. The zero-order chi connectivity index (χ0) is 15.4. The Balaban J connectivity index is 2.35. The standard InChI is InChI=1S/C17H18BrF2N/c1-3-21-16(14-10-13(19)8-7-11(14)2)9-12-5-4-6-15(20)17(12)18/h4-8,10,16,21H,3,9H2,1-2H3. The van der Waals surface area contributed by atoms with E-state index in [1.165, 1.54) is 12.1 Å². The van der Waals surface area contributed by atoms with Crippen molar-refractivity contribution >= 4 is 15.9 Å². The summed E-state index contributed by atoms with van der Waals surface area (Å²) in [5.41, 5.74) is 2.80. The molecule has 1 unspecified atom stereocenters. The van der Waals surface area contributed by atoms with E-state index in [9.17, 15) is 8.78 Å². The van der Waals surface area contributed by atoms with Crippen molar-refractivity contribution in [2.45, 2.75) is 26.3 Å². The summed E-state index contributed by atoms with van der Waals surface area (Å²) < 4.78 is 27.6. The summed E-state index contributed by atoms with van der Waals surface area (Å²) in [6.45, 7) is 4.72. The lowest BCUT2D eigenvalue weighted by Gasteiger charge is -2.21. The summed E-state index contributed by atoms with van der Waals surface area (Å²) in [6.07, 6.45) is 0.594. The Kier molecular flexibility index (Phi) is 5.48. The van der Waals surface area contributed by atoms with Gasteiger partial charge in [-0.1, -0.05) is 25.1 Å². The number of nitrogens with one attached hydrogen (secondary N) is 1. The van der Waals surface area contributed by atoms with Gasteiger partial charge in [0.25, 0.3) is 0 Å². The molecule has 21 heavy (non-hydrogen) atoms. The molecule has 2 aromatic rings. The van der Waals surface area contributed by atoms with E-state index < -0.39 is 0 Å². The largest absolute Gasteiger partial charge is 0.310 e. The third kappa shape index (κ3) is 3.89. The van der Waals surface area contributed by atoms with Crippen molar-refractivity contribution in [2.75, 3.05) is 6.54 Å². The molecular formula is C17H18BrF2N. The van der Waals surface area contributed by atoms with Gasteiger partial charge in [0, 0.05) is 6.04 Å². The van der Waals surface area contributed by atoms with Crippen LogP contribution in [0.25, 0.3) is 0 Å². The van der Waals surface area contributed by atoms with Gasteiger partial charge in [-0.3, -0.25) is 0 Å². The molecule has 0 saturated heterocycles. The van der Waals surface area contributed by atoms with Crippen LogP contribution in [0.15, 0.2) is 40.9 Å².